The molecule has 2 heterocycles. The van der Waals surface area contributed by atoms with Gasteiger partial charge in [0.05, 0.1) is 0 Å². The molecule has 0 unspecified atom stereocenters. The first-order valence-corrected chi connectivity index (χ1v) is 7.76. The van der Waals surface area contributed by atoms with E-state index >= 15 is 0 Å². The van der Waals surface area contributed by atoms with Crippen LogP contribution in [0.2, 0.25) is 0 Å². The number of carbonyl (C=O) groups excluding carboxylic acids is 1. The Morgan fingerprint density at radius 1 is 1.15 bits per heavy atom. The second-order valence-electron chi connectivity index (χ2n) is 6.25. The Balaban J connectivity index is 1.71. The average Bonchev–Trinajstić information content (AvgIpc) is 3.08. The van der Waals surface area contributed by atoms with E-state index in [-0.39, 0.29) is 0 Å². The van der Waals surface area contributed by atoms with E-state index in [0.717, 1.165) is 0 Å². The molecule has 1 N–H and O–H groups in total. The largest absolute Gasteiger partial charge is 0.444 e. The Labute approximate surface area is 149 Å². The fraction of sp³-hybridized carbons (Fsp3) is 0.235. The van der Waals surface area contributed by atoms with Gasteiger partial charge in [-0.1, -0.05) is 11.2 Å². The van der Waals surface area contributed by atoms with Crippen LogP contribution in [-0.4, -0.2) is 31.8 Å². The smallest absolute Gasteiger partial charge is 0.412 e. The minimum Gasteiger partial charge on any atom is -0.444 e. The molecule has 0 aliphatic carbocycles. The first kappa shape index (κ1) is 17.3. The second-order valence-corrected chi connectivity index (χ2v) is 6.25. The minimum absolute atomic E-state index is 0.300. The quantitative estimate of drug-likeness (QED) is 0.754. The van der Waals surface area contributed by atoms with Crippen LogP contribution in [0, 0.1) is 0 Å². The molecule has 3 rings (SSSR count). The van der Waals surface area contributed by atoms with Gasteiger partial charge in [-0.05, 0) is 32.9 Å². The van der Waals surface area contributed by atoms with Gasteiger partial charge < -0.3 is 14.0 Å². The van der Waals surface area contributed by atoms with Crippen LogP contribution in [0.25, 0.3) is 11.5 Å². The SMILES string of the molecule is CC(C)(C)OC(=O)Nc1cccc(Oc2cc(-c3ncon3)ncn2)c1. The van der Waals surface area contributed by atoms with Gasteiger partial charge >= 0.3 is 6.09 Å². The summed E-state index contributed by atoms with van der Waals surface area (Å²) in [7, 11) is 0. The normalized spacial score (nSPS) is 11.0. The van der Waals surface area contributed by atoms with Crippen molar-refractivity contribution >= 4 is 11.8 Å². The van der Waals surface area contributed by atoms with E-state index in [9.17, 15) is 4.79 Å². The number of benzene rings is 1. The molecule has 26 heavy (non-hydrogen) atoms. The van der Waals surface area contributed by atoms with E-state index < -0.39 is 11.7 Å². The third kappa shape index (κ3) is 4.76. The highest BCUT2D eigenvalue weighted by Gasteiger charge is 2.16. The van der Waals surface area contributed by atoms with Crippen LogP contribution in [0.1, 0.15) is 20.8 Å². The van der Waals surface area contributed by atoms with Gasteiger partial charge in [-0.15, -0.1) is 0 Å². The predicted molar refractivity (Wildman–Crippen MR) is 91.7 cm³/mol. The predicted octanol–water partition coefficient (Wildman–Crippen LogP) is 3.67. The van der Waals surface area contributed by atoms with Gasteiger partial charge in [0.25, 0.3) is 0 Å². The van der Waals surface area contributed by atoms with E-state index in [1.807, 2.05) is 0 Å². The van der Waals surface area contributed by atoms with Crippen molar-refractivity contribution in [2.75, 3.05) is 5.32 Å². The zero-order valence-corrected chi connectivity index (χ0v) is 14.5. The van der Waals surface area contributed by atoms with Gasteiger partial charge in [0.1, 0.15) is 23.4 Å². The lowest BCUT2D eigenvalue weighted by Gasteiger charge is -2.19. The summed E-state index contributed by atoms with van der Waals surface area (Å²) in [5.41, 5.74) is 0.418. The van der Waals surface area contributed by atoms with Crippen molar-refractivity contribution in [3.05, 3.63) is 43.1 Å². The van der Waals surface area contributed by atoms with Crippen molar-refractivity contribution in [2.24, 2.45) is 0 Å². The summed E-state index contributed by atoms with van der Waals surface area (Å²) >= 11 is 0. The molecule has 0 bridgehead atoms. The van der Waals surface area contributed by atoms with E-state index in [0.29, 0.717) is 28.8 Å². The highest BCUT2D eigenvalue weighted by molar-refractivity contribution is 5.85. The lowest BCUT2D eigenvalue weighted by Crippen LogP contribution is -2.27. The number of rotatable bonds is 4. The van der Waals surface area contributed by atoms with Crippen molar-refractivity contribution in [3.63, 3.8) is 0 Å². The molecule has 134 valence electrons. The molecular formula is C17H17N5O4. The van der Waals surface area contributed by atoms with E-state index in [4.69, 9.17) is 14.0 Å². The highest BCUT2D eigenvalue weighted by atomic mass is 16.6. The monoisotopic (exact) mass is 355 g/mol. The number of ether oxygens (including phenoxy) is 2. The van der Waals surface area contributed by atoms with Gasteiger partial charge in [-0.25, -0.2) is 14.8 Å². The van der Waals surface area contributed by atoms with Gasteiger partial charge in [0.15, 0.2) is 0 Å². The zero-order valence-electron chi connectivity index (χ0n) is 14.5. The molecule has 0 radical (unpaired) electrons. The number of hydrogen-bond acceptors (Lipinski definition) is 8. The summed E-state index contributed by atoms with van der Waals surface area (Å²) in [5, 5.41) is 6.37. The second kappa shape index (κ2) is 7.18. The van der Waals surface area contributed by atoms with Crippen LogP contribution >= 0.6 is 0 Å². The lowest BCUT2D eigenvalue weighted by atomic mass is 10.2. The molecule has 9 heteroatoms. The number of aromatic nitrogens is 4. The molecule has 0 fully saturated rings. The molecule has 0 aliphatic heterocycles. The van der Waals surface area contributed by atoms with Gasteiger partial charge in [0, 0.05) is 17.8 Å². The van der Waals surface area contributed by atoms with E-state index in [1.54, 1.807) is 51.1 Å². The fourth-order valence-corrected chi connectivity index (χ4v) is 1.98. The number of nitrogens with one attached hydrogen (secondary N) is 1. The molecule has 2 aromatic heterocycles. The molecule has 0 spiro atoms. The fourth-order valence-electron chi connectivity index (χ4n) is 1.98. The summed E-state index contributed by atoms with van der Waals surface area (Å²) in [6.45, 7) is 5.38. The molecule has 0 atom stereocenters. The van der Waals surface area contributed by atoms with Crippen LogP contribution in [-0.2, 0) is 4.74 Å². The van der Waals surface area contributed by atoms with Crippen molar-refractivity contribution in [3.8, 4) is 23.1 Å². The van der Waals surface area contributed by atoms with Crippen molar-refractivity contribution < 1.29 is 18.8 Å². The summed E-state index contributed by atoms with van der Waals surface area (Å²) in [4.78, 5) is 23.9. The van der Waals surface area contributed by atoms with Crippen LogP contribution in [0.3, 0.4) is 0 Å². The Hall–Kier alpha value is -3.49. The molecule has 9 nitrogen and oxygen atoms in total. The van der Waals surface area contributed by atoms with Gasteiger partial charge in [-0.3, -0.25) is 5.32 Å². The summed E-state index contributed by atoms with van der Waals surface area (Å²) in [6, 6.07) is 8.43. The third-order valence-corrected chi connectivity index (χ3v) is 2.93. The standard InChI is InChI=1S/C17H17N5O4/c1-17(2,3)26-16(23)21-11-5-4-6-12(7-11)25-14-8-13(18-9-19-14)15-20-10-24-22-15/h4-10H,1-3H3,(H,21,23). The maximum Gasteiger partial charge on any atom is 0.412 e. The topological polar surface area (TPSA) is 112 Å². The van der Waals surface area contributed by atoms with Crippen molar-refractivity contribution in [1.82, 2.24) is 20.1 Å². The molecule has 3 aromatic rings. The number of carbonyl (C=O) groups is 1. The number of anilines is 1. The van der Waals surface area contributed by atoms with Gasteiger partial charge in [-0.2, -0.15) is 4.98 Å². The van der Waals surface area contributed by atoms with E-state index in [1.165, 1.54) is 12.7 Å². The maximum atomic E-state index is 11.9. The third-order valence-electron chi connectivity index (χ3n) is 2.93. The molecular weight excluding hydrogens is 338 g/mol. The minimum atomic E-state index is -0.579. The lowest BCUT2D eigenvalue weighted by molar-refractivity contribution is 0.0636. The molecule has 0 saturated heterocycles. The molecule has 1 aromatic carbocycles. The van der Waals surface area contributed by atoms with Gasteiger partial charge in [0.2, 0.25) is 18.1 Å². The summed E-state index contributed by atoms with van der Waals surface area (Å²) in [5.74, 6) is 1.11. The zero-order chi connectivity index (χ0) is 18.6. The first-order valence-electron chi connectivity index (χ1n) is 7.76. The number of amides is 1. The average molecular weight is 355 g/mol. The molecule has 1 amide bonds. The Bertz CT molecular complexity index is 890. The maximum absolute atomic E-state index is 11.9. The van der Waals surface area contributed by atoms with Crippen molar-refractivity contribution in [2.45, 2.75) is 26.4 Å². The van der Waals surface area contributed by atoms with Crippen LogP contribution in [0.4, 0.5) is 10.5 Å². The Morgan fingerprint density at radius 2 is 2.00 bits per heavy atom. The van der Waals surface area contributed by atoms with Crippen molar-refractivity contribution in [1.29, 1.82) is 0 Å². The molecule has 0 aliphatic rings. The Morgan fingerprint density at radius 3 is 2.73 bits per heavy atom. The number of nitrogens with zero attached hydrogens (tertiary/aromatic N) is 4. The summed E-state index contributed by atoms with van der Waals surface area (Å²) in [6.07, 6.45) is 2.00. The van der Waals surface area contributed by atoms with Crippen LogP contribution in [0.15, 0.2) is 47.6 Å². The van der Waals surface area contributed by atoms with Crippen LogP contribution < -0.4 is 10.1 Å². The first-order chi connectivity index (χ1) is 12.4. The highest BCUT2D eigenvalue weighted by Crippen LogP contribution is 2.25. The number of hydrogen-bond donors (Lipinski definition) is 1. The van der Waals surface area contributed by atoms with Crippen LogP contribution in [0.5, 0.6) is 11.6 Å². The van der Waals surface area contributed by atoms with E-state index in [2.05, 4.69) is 25.4 Å². The molecule has 0 saturated carbocycles. The summed E-state index contributed by atoms with van der Waals surface area (Å²) < 4.78 is 15.6. The Kier molecular flexibility index (Phi) is 4.78.